The Hall–Kier alpha value is -3.07. The zero-order chi connectivity index (χ0) is 18.6. The molecule has 5 nitrogen and oxygen atoms in total. The smallest absolute Gasteiger partial charge is 0.408 e. The third-order valence-electron chi connectivity index (χ3n) is 3.72. The van der Waals surface area contributed by atoms with E-state index in [9.17, 15) is 14.3 Å². The Morgan fingerprint density at radius 2 is 1.88 bits per heavy atom. The average Bonchev–Trinajstić information content (AvgIpc) is 2.54. The van der Waals surface area contributed by atoms with Crippen LogP contribution in [-0.4, -0.2) is 21.6 Å². The van der Waals surface area contributed by atoms with Crippen LogP contribution in [0.1, 0.15) is 31.9 Å². The summed E-state index contributed by atoms with van der Waals surface area (Å²) in [6, 6.07) is 13.1. The number of anilines is 2. The summed E-state index contributed by atoms with van der Waals surface area (Å²) in [7, 11) is 0. The first-order chi connectivity index (χ1) is 11.7. The number of amides is 1. The maximum absolute atomic E-state index is 13.2. The number of nitrogens with one attached hydrogen (secondary N) is 1. The number of carbonyl (C=O) groups is 1. The molecule has 0 saturated heterocycles. The van der Waals surface area contributed by atoms with Gasteiger partial charge in [0.25, 0.3) is 0 Å². The zero-order valence-electron chi connectivity index (χ0n) is 14.4. The molecule has 0 aliphatic heterocycles. The van der Waals surface area contributed by atoms with Gasteiger partial charge in [-0.25, -0.2) is 9.18 Å². The Bertz CT molecular complexity index is 805. The highest BCUT2D eigenvalue weighted by atomic mass is 19.1. The Labute approximate surface area is 146 Å². The molecule has 0 atom stereocenters. The van der Waals surface area contributed by atoms with Crippen molar-refractivity contribution < 1.29 is 14.3 Å². The van der Waals surface area contributed by atoms with Crippen LogP contribution in [0.25, 0.3) is 0 Å². The lowest BCUT2D eigenvalue weighted by atomic mass is 10.1. The number of hydrogen-bond acceptors (Lipinski definition) is 3. The summed E-state index contributed by atoms with van der Waals surface area (Å²) in [5.74, 6) is -0.464. The number of nitrogens with zero attached hydrogens (tertiary/aromatic N) is 2. The van der Waals surface area contributed by atoms with Gasteiger partial charge in [-0.05, 0) is 56.7 Å². The minimum Gasteiger partial charge on any atom is -0.465 e. The van der Waals surface area contributed by atoms with Crippen LogP contribution in [-0.2, 0) is 6.54 Å². The summed E-state index contributed by atoms with van der Waals surface area (Å²) in [4.78, 5) is 12.8. The van der Waals surface area contributed by atoms with Crippen LogP contribution < -0.4 is 5.32 Å². The molecule has 0 fully saturated rings. The Morgan fingerprint density at radius 3 is 2.40 bits per heavy atom. The Balaban J connectivity index is 2.15. The highest BCUT2D eigenvalue weighted by molar-refractivity contribution is 5.67. The topological polar surface area (TPSA) is 76.4 Å². The molecule has 0 aromatic heterocycles. The number of carboxylic acid groups (broad SMARTS) is 1. The molecule has 0 aliphatic carbocycles. The second-order valence-corrected chi connectivity index (χ2v) is 6.66. The standard InChI is InChI=1S/C19H20FN3O2/c1-19(2,3)23(18(24)25)12-13-4-7-16(8-5-13)22-17-9-6-15(20)10-14(17)11-21/h4-10,22H,12H2,1-3H3,(H,24,25). The minimum atomic E-state index is -0.973. The molecule has 25 heavy (non-hydrogen) atoms. The van der Waals surface area contributed by atoms with Crippen LogP contribution >= 0.6 is 0 Å². The van der Waals surface area contributed by atoms with E-state index in [1.807, 2.05) is 39.0 Å². The van der Waals surface area contributed by atoms with Crippen molar-refractivity contribution >= 4 is 17.5 Å². The quantitative estimate of drug-likeness (QED) is 0.843. The molecule has 1 amide bonds. The van der Waals surface area contributed by atoms with E-state index >= 15 is 0 Å². The molecule has 130 valence electrons. The zero-order valence-corrected chi connectivity index (χ0v) is 14.4. The van der Waals surface area contributed by atoms with Gasteiger partial charge >= 0.3 is 6.09 Å². The number of rotatable bonds is 4. The first-order valence-corrected chi connectivity index (χ1v) is 7.77. The average molecular weight is 341 g/mol. The Kier molecular flexibility index (Phi) is 5.28. The summed E-state index contributed by atoms with van der Waals surface area (Å²) in [6.07, 6.45) is -0.973. The van der Waals surface area contributed by atoms with Crippen molar-refractivity contribution in [3.63, 3.8) is 0 Å². The van der Waals surface area contributed by atoms with Gasteiger partial charge in [0, 0.05) is 17.8 Å². The van der Waals surface area contributed by atoms with Crippen molar-refractivity contribution in [2.75, 3.05) is 5.32 Å². The second kappa shape index (κ2) is 7.22. The van der Waals surface area contributed by atoms with Gasteiger partial charge < -0.3 is 10.4 Å². The van der Waals surface area contributed by atoms with E-state index in [-0.39, 0.29) is 12.1 Å². The highest BCUT2D eigenvalue weighted by Gasteiger charge is 2.25. The molecule has 0 bridgehead atoms. The lowest BCUT2D eigenvalue weighted by Crippen LogP contribution is -2.44. The molecule has 0 saturated carbocycles. The van der Waals surface area contributed by atoms with E-state index in [1.54, 1.807) is 12.1 Å². The van der Waals surface area contributed by atoms with E-state index in [1.165, 1.54) is 23.1 Å². The molecule has 2 N–H and O–H groups in total. The lowest BCUT2D eigenvalue weighted by Gasteiger charge is -2.33. The lowest BCUT2D eigenvalue weighted by molar-refractivity contribution is 0.0955. The first-order valence-electron chi connectivity index (χ1n) is 7.77. The van der Waals surface area contributed by atoms with Crippen molar-refractivity contribution in [1.82, 2.24) is 4.90 Å². The summed E-state index contributed by atoms with van der Waals surface area (Å²) in [5, 5.41) is 21.5. The highest BCUT2D eigenvalue weighted by Crippen LogP contribution is 2.23. The molecule has 0 spiro atoms. The fourth-order valence-corrected chi connectivity index (χ4v) is 2.34. The third kappa shape index (κ3) is 4.70. The van der Waals surface area contributed by atoms with Gasteiger partial charge in [0.15, 0.2) is 0 Å². The minimum absolute atomic E-state index is 0.217. The van der Waals surface area contributed by atoms with Gasteiger partial charge in [-0.15, -0.1) is 0 Å². The first kappa shape index (κ1) is 18.3. The van der Waals surface area contributed by atoms with Crippen LogP contribution in [0.4, 0.5) is 20.6 Å². The van der Waals surface area contributed by atoms with E-state index < -0.39 is 17.4 Å². The van der Waals surface area contributed by atoms with Crippen LogP contribution in [0.2, 0.25) is 0 Å². The summed E-state index contributed by atoms with van der Waals surface area (Å²) < 4.78 is 13.2. The van der Waals surface area contributed by atoms with Crippen LogP contribution in [0.3, 0.4) is 0 Å². The normalized spacial score (nSPS) is 10.8. The molecule has 0 radical (unpaired) electrons. The number of benzene rings is 2. The van der Waals surface area contributed by atoms with Crippen molar-refractivity contribution in [3.05, 3.63) is 59.4 Å². The largest absolute Gasteiger partial charge is 0.465 e. The van der Waals surface area contributed by atoms with Crippen LogP contribution in [0.15, 0.2) is 42.5 Å². The van der Waals surface area contributed by atoms with Gasteiger partial charge in [0.1, 0.15) is 11.9 Å². The number of halogens is 1. The SMILES string of the molecule is CC(C)(C)N(Cc1ccc(Nc2ccc(F)cc2C#N)cc1)C(=O)O. The summed E-state index contributed by atoms with van der Waals surface area (Å²) in [5.41, 5.74) is 1.80. The predicted octanol–water partition coefficient (Wildman–Crippen LogP) is 4.72. The van der Waals surface area contributed by atoms with Crippen molar-refractivity contribution in [2.45, 2.75) is 32.9 Å². The van der Waals surface area contributed by atoms with Crippen molar-refractivity contribution in [3.8, 4) is 6.07 Å². The molecular formula is C19H20FN3O2. The van der Waals surface area contributed by atoms with E-state index in [0.29, 0.717) is 5.69 Å². The van der Waals surface area contributed by atoms with Gasteiger partial charge in [-0.3, -0.25) is 4.90 Å². The second-order valence-electron chi connectivity index (χ2n) is 6.66. The predicted molar refractivity (Wildman–Crippen MR) is 94.2 cm³/mol. The maximum Gasteiger partial charge on any atom is 0.408 e. The number of nitriles is 1. The van der Waals surface area contributed by atoms with E-state index in [0.717, 1.165) is 11.3 Å². The fraction of sp³-hybridized carbons (Fsp3) is 0.263. The molecule has 2 aromatic rings. The molecular weight excluding hydrogens is 321 g/mol. The summed E-state index contributed by atoms with van der Waals surface area (Å²) in [6.45, 7) is 5.80. The van der Waals surface area contributed by atoms with Gasteiger partial charge in [-0.1, -0.05) is 12.1 Å². The van der Waals surface area contributed by atoms with Gasteiger partial charge in [0.05, 0.1) is 11.3 Å². The fourth-order valence-electron chi connectivity index (χ4n) is 2.34. The van der Waals surface area contributed by atoms with Crippen LogP contribution in [0.5, 0.6) is 0 Å². The third-order valence-corrected chi connectivity index (χ3v) is 3.72. The molecule has 2 rings (SSSR count). The Morgan fingerprint density at radius 1 is 1.24 bits per heavy atom. The van der Waals surface area contributed by atoms with E-state index in [4.69, 9.17) is 5.26 Å². The molecule has 2 aromatic carbocycles. The van der Waals surface area contributed by atoms with Crippen molar-refractivity contribution in [1.29, 1.82) is 5.26 Å². The van der Waals surface area contributed by atoms with Crippen LogP contribution in [0, 0.1) is 17.1 Å². The van der Waals surface area contributed by atoms with E-state index in [2.05, 4.69) is 5.32 Å². The molecule has 6 heteroatoms. The van der Waals surface area contributed by atoms with Crippen molar-refractivity contribution in [2.24, 2.45) is 0 Å². The molecule has 0 unspecified atom stereocenters. The molecule has 0 heterocycles. The maximum atomic E-state index is 13.2. The number of hydrogen-bond donors (Lipinski definition) is 2. The summed E-state index contributed by atoms with van der Waals surface area (Å²) >= 11 is 0. The van der Waals surface area contributed by atoms with Gasteiger partial charge in [0.2, 0.25) is 0 Å². The van der Waals surface area contributed by atoms with Gasteiger partial charge in [-0.2, -0.15) is 5.26 Å². The molecule has 0 aliphatic rings. The monoisotopic (exact) mass is 341 g/mol.